The van der Waals surface area contributed by atoms with Crippen molar-refractivity contribution in [1.29, 1.82) is 0 Å². The minimum Gasteiger partial charge on any atom is -0.377 e. The smallest absolute Gasteiger partial charge is 0.104 e. The van der Waals surface area contributed by atoms with Crippen LogP contribution in [0.2, 0.25) is 0 Å². The fraction of sp³-hybridized carbons (Fsp3) is 0.727. The van der Waals surface area contributed by atoms with Gasteiger partial charge in [0.2, 0.25) is 0 Å². The molecule has 4 heteroatoms. The van der Waals surface area contributed by atoms with Crippen molar-refractivity contribution in [2.45, 2.75) is 64.9 Å². The van der Waals surface area contributed by atoms with E-state index in [4.69, 9.17) is 14.2 Å². The zero-order valence-corrected chi connectivity index (χ0v) is 17.2. The third kappa shape index (κ3) is 16.5. The van der Waals surface area contributed by atoms with Crippen LogP contribution in [0, 0.1) is 0 Å². The van der Waals surface area contributed by atoms with Crippen LogP contribution in [0.25, 0.3) is 0 Å². The lowest BCUT2D eigenvalue weighted by Gasteiger charge is -2.26. The average Bonchev–Trinajstić information content (AvgIpc) is 2.53. The molecule has 0 saturated heterocycles. The first kappa shape index (κ1) is 25.1. The summed E-state index contributed by atoms with van der Waals surface area (Å²) < 4.78 is 16.6. The molecule has 0 aliphatic rings. The minimum atomic E-state index is -0.939. The summed E-state index contributed by atoms with van der Waals surface area (Å²) in [6.07, 6.45) is 4.17. The van der Waals surface area contributed by atoms with Crippen LogP contribution in [0.3, 0.4) is 0 Å². The predicted molar refractivity (Wildman–Crippen MR) is 108 cm³/mol. The van der Waals surface area contributed by atoms with E-state index in [0.29, 0.717) is 58.9 Å². The molecule has 0 aliphatic carbocycles. The zero-order valence-electron chi connectivity index (χ0n) is 17.2. The molecular weight excluding hydrogens is 328 g/mol. The summed E-state index contributed by atoms with van der Waals surface area (Å²) in [5, 5.41) is 13.2. The summed E-state index contributed by atoms with van der Waals surface area (Å²) in [5.74, 6) is 0. The highest BCUT2D eigenvalue weighted by Crippen LogP contribution is 2.26. The molecule has 151 valence electrons. The van der Waals surface area contributed by atoms with Gasteiger partial charge in [0.25, 0.3) is 0 Å². The van der Waals surface area contributed by atoms with E-state index in [1.165, 1.54) is 0 Å². The van der Waals surface area contributed by atoms with Gasteiger partial charge < -0.3 is 14.2 Å². The molecule has 0 spiro atoms. The van der Waals surface area contributed by atoms with Crippen LogP contribution in [-0.4, -0.2) is 45.2 Å². The van der Waals surface area contributed by atoms with Gasteiger partial charge >= 0.3 is 0 Å². The largest absolute Gasteiger partial charge is 0.377 e. The second-order valence-electron chi connectivity index (χ2n) is 7.52. The Kier molecular flexibility index (Phi) is 14.6. The van der Waals surface area contributed by atoms with Gasteiger partial charge in [0.15, 0.2) is 0 Å². The standard InChI is InChI=1S/C22H39O4/c1-19(2)16-24-13-7-10-22(23,11-8-14-25-17-20(3)4)12-9-15-26-18-21(5)6/h1,3,5,7-18H2,2,4,6H3. The van der Waals surface area contributed by atoms with Crippen LogP contribution in [0.5, 0.6) is 0 Å². The Bertz CT molecular complexity index is 355. The summed E-state index contributed by atoms with van der Waals surface area (Å²) in [6.45, 7) is 20.8. The summed E-state index contributed by atoms with van der Waals surface area (Å²) >= 11 is 0. The van der Waals surface area contributed by atoms with Gasteiger partial charge in [0, 0.05) is 19.8 Å². The first-order valence-corrected chi connectivity index (χ1v) is 9.62. The Labute approximate surface area is 160 Å². The third-order valence-electron chi connectivity index (χ3n) is 3.81. The lowest BCUT2D eigenvalue weighted by molar-refractivity contribution is -0.0653. The summed E-state index contributed by atoms with van der Waals surface area (Å²) in [5.41, 5.74) is 2.07. The molecule has 0 saturated carbocycles. The molecule has 0 aliphatic heterocycles. The lowest BCUT2D eigenvalue weighted by atomic mass is 9.88. The van der Waals surface area contributed by atoms with E-state index in [1.807, 2.05) is 20.8 Å². The van der Waals surface area contributed by atoms with Crippen molar-refractivity contribution >= 4 is 0 Å². The Hall–Kier alpha value is -0.940. The van der Waals surface area contributed by atoms with Gasteiger partial charge in [-0.3, -0.25) is 0 Å². The number of ether oxygens (including phenoxy) is 3. The van der Waals surface area contributed by atoms with Crippen LogP contribution in [0.15, 0.2) is 36.5 Å². The normalized spacial score (nSPS) is 11.5. The summed E-state index contributed by atoms with van der Waals surface area (Å²) in [7, 11) is 0. The minimum absolute atomic E-state index is 0.565. The molecular formula is C22H39O4. The van der Waals surface area contributed by atoms with E-state index < -0.39 is 5.60 Å². The molecule has 0 amide bonds. The van der Waals surface area contributed by atoms with Gasteiger partial charge in [-0.05, 0) is 59.3 Å². The second-order valence-corrected chi connectivity index (χ2v) is 7.52. The van der Waals surface area contributed by atoms with Gasteiger partial charge in [-0.25, -0.2) is 5.11 Å². The van der Waals surface area contributed by atoms with Crippen LogP contribution < -0.4 is 0 Å². The Morgan fingerprint density at radius 3 is 1.15 bits per heavy atom. The Balaban J connectivity index is 4.19. The predicted octanol–water partition coefficient (Wildman–Crippen LogP) is 5.27. The van der Waals surface area contributed by atoms with Crippen molar-refractivity contribution in [3.05, 3.63) is 36.5 Å². The molecule has 0 heterocycles. The molecule has 4 nitrogen and oxygen atoms in total. The maximum Gasteiger partial charge on any atom is 0.104 e. The van der Waals surface area contributed by atoms with Gasteiger partial charge in [-0.15, -0.1) is 0 Å². The first-order chi connectivity index (χ1) is 12.2. The fourth-order valence-electron chi connectivity index (χ4n) is 2.60. The molecule has 26 heavy (non-hydrogen) atoms. The monoisotopic (exact) mass is 367 g/mol. The van der Waals surface area contributed by atoms with Crippen LogP contribution in [0.1, 0.15) is 59.3 Å². The molecule has 0 aromatic carbocycles. The molecule has 0 N–H and O–H groups in total. The maximum atomic E-state index is 13.2. The fourth-order valence-corrected chi connectivity index (χ4v) is 2.60. The summed E-state index contributed by atoms with van der Waals surface area (Å²) in [4.78, 5) is 0. The van der Waals surface area contributed by atoms with Crippen LogP contribution in [-0.2, 0) is 19.3 Å². The lowest BCUT2D eigenvalue weighted by Crippen LogP contribution is -2.28. The number of hydrogen-bond acceptors (Lipinski definition) is 3. The molecule has 1 radical (unpaired) electrons. The van der Waals surface area contributed by atoms with Crippen molar-refractivity contribution in [3.63, 3.8) is 0 Å². The zero-order chi connectivity index (χ0) is 19.8. The van der Waals surface area contributed by atoms with E-state index in [1.54, 1.807) is 0 Å². The van der Waals surface area contributed by atoms with Gasteiger partial charge in [-0.2, -0.15) is 0 Å². The molecule has 0 aromatic heterocycles. The average molecular weight is 368 g/mol. The van der Waals surface area contributed by atoms with Gasteiger partial charge in [0.1, 0.15) is 5.60 Å². The SMILES string of the molecule is C=C(C)COCCCC([O])(CCCOCC(=C)C)CCCOCC(=C)C. The Morgan fingerprint density at radius 1 is 0.654 bits per heavy atom. The molecule has 0 fully saturated rings. The highest BCUT2D eigenvalue weighted by atomic mass is 16.5. The third-order valence-corrected chi connectivity index (χ3v) is 3.81. The van der Waals surface area contributed by atoms with Crippen molar-refractivity contribution in [2.75, 3.05) is 39.6 Å². The topological polar surface area (TPSA) is 47.6 Å². The molecule has 0 bridgehead atoms. The van der Waals surface area contributed by atoms with E-state index in [0.717, 1.165) is 36.0 Å². The number of hydrogen-bond donors (Lipinski definition) is 0. The first-order valence-electron chi connectivity index (χ1n) is 9.62. The van der Waals surface area contributed by atoms with E-state index in [-0.39, 0.29) is 0 Å². The molecule has 0 rings (SSSR count). The highest BCUT2D eigenvalue weighted by molar-refractivity contribution is 4.88. The van der Waals surface area contributed by atoms with Gasteiger partial charge in [-0.1, -0.05) is 36.5 Å². The molecule has 0 unspecified atom stereocenters. The van der Waals surface area contributed by atoms with Gasteiger partial charge in [0.05, 0.1) is 19.8 Å². The Morgan fingerprint density at radius 2 is 0.923 bits per heavy atom. The van der Waals surface area contributed by atoms with Crippen molar-refractivity contribution in [3.8, 4) is 0 Å². The van der Waals surface area contributed by atoms with Crippen LogP contribution in [0.4, 0.5) is 0 Å². The van der Waals surface area contributed by atoms with Crippen LogP contribution >= 0.6 is 0 Å². The molecule has 0 atom stereocenters. The maximum absolute atomic E-state index is 13.2. The summed E-state index contributed by atoms with van der Waals surface area (Å²) in [6, 6.07) is 0. The van der Waals surface area contributed by atoms with Crippen molar-refractivity contribution in [2.24, 2.45) is 0 Å². The number of rotatable bonds is 18. The molecule has 0 aromatic rings. The van der Waals surface area contributed by atoms with Crippen molar-refractivity contribution in [1.82, 2.24) is 0 Å². The van der Waals surface area contributed by atoms with E-state index >= 15 is 0 Å². The quantitative estimate of drug-likeness (QED) is 0.245. The highest BCUT2D eigenvalue weighted by Gasteiger charge is 2.28. The second kappa shape index (κ2) is 15.2. The van der Waals surface area contributed by atoms with Crippen molar-refractivity contribution < 1.29 is 19.3 Å². The van der Waals surface area contributed by atoms with E-state index in [9.17, 15) is 5.11 Å². The van der Waals surface area contributed by atoms with E-state index in [2.05, 4.69) is 19.7 Å².